The highest BCUT2D eigenvalue weighted by molar-refractivity contribution is 6.42. The van der Waals surface area contributed by atoms with Crippen LogP contribution >= 0.6 is 23.2 Å². The fourth-order valence-electron chi connectivity index (χ4n) is 1.61. The number of hydrogen-bond donors (Lipinski definition) is 1. The zero-order valence-electron chi connectivity index (χ0n) is 10.3. The number of hydrogen-bond acceptors (Lipinski definition) is 3. The van der Waals surface area contributed by atoms with E-state index in [1.54, 1.807) is 25.3 Å². The minimum atomic E-state index is -0.477. The van der Waals surface area contributed by atoms with E-state index in [1.165, 1.54) is 0 Å². The third-order valence-corrected chi connectivity index (χ3v) is 3.53. The Morgan fingerprint density at radius 1 is 1.44 bits per heavy atom. The van der Waals surface area contributed by atoms with E-state index in [-0.39, 0.29) is 12.2 Å². The molecular formula is C13H17Cl2NO2. The summed E-state index contributed by atoms with van der Waals surface area (Å²) in [4.78, 5) is 11.9. The van der Waals surface area contributed by atoms with E-state index in [0.717, 1.165) is 12.0 Å². The maximum atomic E-state index is 11.9. The first-order chi connectivity index (χ1) is 8.56. The zero-order chi connectivity index (χ0) is 13.5. The number of carbonyl (C=O) groups excluding carboxylic acids is 1. The topological polar surface area (TPSA) is 52.3 Å². The van der Waals surface area contributed by atoms with Crippen LogP contribution in [0.3, 0.4) is 0 Å². The smallest absolute Gasteiger partial charge is 0.153 e. The summed E-state index contributed by atoms with van der Waals surface area (Å²) in [6, 6.07) is 4.77. The molecule has 0 aliphatic heterocycles. The van der Waals surface area contributed by atoms with Crippen molar-refractivity contribution in [2.75, 3.05) is 13.7 Å². The van der Waals surface area contributed by atoms with Crippen molar-refractivity contribution in [3.63, 3.8) is 0 Å². The summed E-state index contributed by atoms with van der Waals surface area (Å²) < 4.78 is 4.92. The van der Waals surface area contributed by atoms with Crippen molar-refractivity contribution in [3.8, 4) is 0 Å². The minimum Gasteiger partial charge on any atom is -0.385 e. The Balaban J connectivity index is 2.56. The number of halogens is 2. The normalized spacial score (nSPS) is 12.4. The van der Waals surface area contributed by atoms with E-state index in [9.17, 15) is 4.79 Å². The summed E-state index contributed by atoms with van der Waals surface area (Å²) in [5.41, 5.74) is 6.53. The largest absolute Gasteiger partial charge is 0.385 e. The maximum Gasteiger partial charge on any atom is 0.153 e. The van der Waals surface area contributed by atoms with Crippen LogP contribution in [-0.2, 0) is 16.0 Å². The zero-order valence-corrected chi connectivity index (χ0v) is 11.8. The lowest BCUT2D eigenvalue weighted by Gasteiger charge is -2.11. The van der Waals surface area contributed by atoms with Gasteiger partial charge in [-0.2, -0.15) is 0 Å². The standard InChI is InChI=1S/C13H17Cl2NO2/c1-18-7-3-6-11(16)12(17)8-9-4-2-5-10(14)13(9)15/h2,4-5,11H,3,6-8,16H2,1H3. The van der Waals surface area contributed by atoms with Crippen molar-refractivity contribution < 1.29 is 9.53 Å². The van der Waals surface area contributed by atoms with E-state index in [2.05, 4.69) is 0 Å². The van der Waals surface area contributed by atoms with Crippen LogP contribution in [0.1, 0.15) is 18.4 Å². The predicted molar refractivity (Wildman–Crippen MR) is 74.3 cm³/mol. The van der Waals surface area contributed by atoms with Gasteiger partial charge < -0.3 is 10.5 Å². The Labute approximate surface area is 117 Å². The molecule has 0 aliphatic carbocycles. The summed E-state index contributed by atoms with van der Waals surface area (Å²) in [5, 5.41) is 0.881. The molecule has 1 unspecified atom stereocenters. The van der Waals surface area contributed by atoms with Gasteiger partial charge in [0.05, 0.1) is 16.1 Å². The molecule has 100 valence electrons. The molecule has 0 amide bonds. The highest BCUT2D eigenvalue weighted by Gasteiger charge is 2.15. The Morgan fingerprint density at radius 3 is 2.83 bits per heavy atom. The first-order valence-electron chi connectivity index (χ1n) is 5.76. The Hall–Kier alpha value is -0.610. The van der Waals surface area contributed by atoms with Gasteiger partial charge >= 0.3 is 0 Å². The van der Waals surface area contributed by atoms with Crippen LogP contribution in [0.25, 0.3) is 0 Å². The van der Waals surface area contributed by atoms with Crippen molar-refractivity contribution in [1.82, 2.24) is 0 Å². The monoisotopic (exact) mass is 289 g/mol. The van der Waals surface area contributed by atoms with Gasteiger partial charge in [-0.15, -0.1) is 0 Å². The van der Waals surface area contributed by atoms with E-state index in [4.69, 9.17) is 33.7 Å². The van der Waals surface area contributed by atoms with Gasteiger partial charge in [-0.3, -0.25) is 4.79 Å². The van der Waals surface area contributed by atoms with Crippen molar-refractivity contribution in [3.05, 3.63) is 33.8 Å². The highest BCUT2D eigenvalue weighted by atomic mass is 35.5. The number of Topliss-reactive ketones (excluding diaryl/α,β-unsaturated/α-hetero) is 1. The van der Waals surface area contributed by atoms with Crippen molar-refractivity contribution >= 4 is 29.0 Å². The number of carbonyl (C=O) groups is 1. The van der Waals surface area contributed by atoms with Crippen LogP contribution in [0.4, 0.5) is 0 Å². The lowest BCUT2D eigenvalue weighted by atomic mass is 10.0. The molecule has 1 atom stereocenters. The van der Waals surface area contributed by atoms with Crippen molar-refractivity contribution in [1.29, 1.82) is 0 Å². The van der Waals surface area contributed by atoms with Crippen molar-refractivity contribution in [2.24, 2.45) is 5.73 Å². The number of rotatable bonds is 7. The quantitative estimate of drug-likeness (QED) is 0.786. The van der Waals surface area contributed by atoms with E-state index in [0.29, 0.717) is 23.1 Å². The molecule has 0 saturated carbocycles. The third-order valence-electron chi connectivity index (χ3n) is 2.67. The molecule has 0 spiro atoms. The molecule has 3 nitrogen and oxygen atoms in total. The van der Waals surface area contributed by atoms with Crippen LogP contribution in [-0.4, -0.2) is 25.5 Å². The average molecular weight is 290 g/mol. The van der Waals surface area contributed by atoms with E-state index < -0.39 is 6.04 Å². The molecule has 0 radical (unpaired) electrons. The number of methoxy groups -OCH3 is 1. The van der Waals surface area contributed by atoms with Gasteiger partial charge in [-0.05, 0) is 24.5 Å². The van der Waals surface area contributed by atoms with Gasteiger partial charge in [0.2, 0.25) is 0 Å². The highest BCUT2D eigenvalue weighted by Crippen LogP contribution is 2.26. The number of nitrogens with two attached hydrogens (primary N) is 1. The molecule has 0 fully saturated rings. The second-order valence-electron chi connectivity index (χ2n) is 4.10. The van der Waals surface area contributed by atoms with Gasteiger partial charge in [0.25, 0.3) is 0 Å². The van der Waals surface area contributed by atoms with Crippen LogP contribution in [0.5, 0.6) is 0 Å². The van der Waals surface area contributed by atoms with Crippen LogP contribution < -0.4 is 5.73 Å². The lowest BCUT2D eigenvalue weighted by molar-refractivity contribution is -0.119. The minimum absolute atomic E-state index is 0.0322. The second-order valence-corrected chi connectivity index (χ2v) is 4.88. The fraction of sp³-hybridized carbons (Fsp3) is 0.462. The molecule has 0 bridgehead atoms. The number of ketones is 1. The summed E-state index contributed by atoms with van der Waals surface area (Å²) in [6.07, 6.45) is 1.60. The van der Waals surface area contributed by atoms with E-state index in [1.807, 2.05) is 0 Å². The number of benzene rings is 1. The van der Waals surface area contributed by atoms with Gasteiger partial charge in [0.1, 0.15) is 0 Å². The second kappa shape index (κ2) is 7.74. The molecule has 0 saturated heterocycles. The molecular weight excluding hydrogens is 273 g/mol. The summed E-state index contributed by atoms with van der Waals surface area (Å²) in [5.74, 6) is -0.0322. The molecule has 5 heteroatoms. The summed E-state index contributed by atoms with van der Waals surface area (Å²) >= 11 is 11.9. The third kappa shape index (κ3) is 4.58. The predicted octanol–water partition coefficient (Wildman–Crippen LogP) is 2.86. The molecule has 1 aromatic rings. The maximum absolute atomic E-state index is 11.9. The molecule has 1 rings (SSSR count). The molecule has 18 heavy (non-hydrogen) atoms. The molecule has 0 aromatic heterocycles. The molecule has 1 aromatic carbocycles. The SMILES string of the molecule is COCCCC(N)C(=O)Cc1cccc(Cl)c1Cl. The van der Waals surface area contributed by atoms with Gasteiger partial charge in [-0.25, -0.2) is 0 Å². The Bertz CT molecular complexity index is 410. The average Bonchev–Trinajstić information content (AvgIpc) is 2.35. The Morgan fingerprint density at radius 2 is 2.17 bits per heavy atom. The van der Waals surface area contributed by atoms with E-state index >= 15 is 0 Å². The Kier molecular flexibility index (Phi) is 6.65. The first-order valence-corrected chi connectivity index (χ1v) is 6.52. The van der Waals surface area contributed by atoms with Crippen molar-refractivity contribution in [2.45, 2.75) is 25.3 Å². The van der Waals surface area contributed by atoms with Crippen LogP contribution in [0.15, 0.2) is 18.2 Å². The van der Waals surface area contributed by atoms with Gasteiger partial charge in [0.15, 0.2) is 5.78 Å². The first kappa shape index (κ1) is 15.4. The molecule has 0 aliphatic rings. The molecule has 2 N–H and O–H groups in total. The molecule has 0 heterocycles. The van der Waals surface area contributed by atoms with Gasteiger partial charge in [0, 0.05) is 20.1 Å². The lowest BCUT2D eigenvalue weighted by Crippen LogP contribution is -2.32. The van der Waals surface area contributed by atoms with Gasteiger partial charge in [-0.1, -0.05) is 35.3 Å². The summed E-state index contributed by atoms with van der Waals surface area (Å²) in [6.45, 7) is 0.610. The fourth-order valence-corrected chi connectivity index (χ4v) is 2.00. The van der Waals surface area contributed by atoms with Crippen LogP contribution in [0.2, 0.25) is 10.0 Å². The number of ether oxygens (including phenoxy) is 1. The van der Waals surface area contributed by atoms with Crippen LogP contribution in [0, 0.1) is 0 Å². The summed E-state index contributed by atoms with van der Waals surface area (Å²) in [7, 11) is 1.62.